The van der Waals surface area contributed by atoms with Crippen LogP contribution in [0.1, 0.15) is 38.8 Å². The van der Waals surface area contributed by atoms with E-state index in [-0.39, 0.29) is 5.91 Å². The van der Waals surface area contributed by atoms with Gasteiger partial charge in [-0.3, -0.25) is 9.69 Å². The molecule has 1 aromatic carbocycles. The number of hydrogen-bond donors (Lipinski definition) is 1. The van der Waals surface area contributed by atoms with E-state index in [1.807, 2.05) is 31.2 Å². The molecule has 1 N–H and O–H groups in total. The van der Waals surface area contributed by atoms with E-state index in [9.17, 15) is 4.79 Å². The monoisotopic (exact) mass is 359 g/mol. The number of nitrogens with one attached hydrogen (secondary N) is 1. The smallest absolute Gasteiger partial charge is 0.263 e. The van der Waals surface area contributed by atoms with Crippen LogP contribution in [0.4, 0.5) is 0 Å². The molecule has 3 rings (SSSR count). The number of hydrogen-bond acceptors (Lipinski definition) is 5. The third-order valence-electron chi connectivity index (χ3n) is 4.46. The zero-order valence-corrected chi connectivity index (χ0v) is 15.7. The summed E-state index contributed by atoms with van der Waals surface area (Å²) in [4.78, 5) is 20.2. The summed E-state index contributed by atoms with van der Waals surface area (Å²) < 4.78 is 5.15. The average molecular weight is 359 g/mol. The maximum absolute atomic E-state index is 12.4. The molecule has 1 saturated heterocycles. The largest absolute Gasteiger partial charge is 0.497 e. The van der Waals surface area contributed by atoms with Crippen LogP contribution in [-0.2, 0) is 13.0 Å². The molecule has 1 aromatic heterocycles. The minimum Gasteiger partial charge on any atom is -0.497 e. The molecule has 1 aliphatic heterocycles. The molecule has 1 fully saturated rings. The Bertz CT molecular complexity index is 706. The standard InChI is InChI=1S/C19H25N3O2S/c1-14-18(25-17(21-14)13-22-11-3-4-12-22)19(23)20-10-9-15-5-7-16(24-2)8-6-15/h5-8H,3-4,9-13H2,1-2H3,(H,20,23). The van der Waals surface area contributed by atoms with Gasteiger partial charge in [-0.2, -0.15) is 0 Å². The van der Waals surface area contributed by atoms with Gasteiger partial charge in [-0.15, -0.1) is 11.3 Å². The van der Waals surface area contributed by atoms with Gasteiger partial charge in [-0.05, 0) is 57.0 Å². The molecule has 25 heavy (non-hydrogen) atoms. The second-order valence-electron chi connectivity index (χ2n) is 6.36. The van der Waals surface area contributed by atoms with Crippen molar-refractivity contribution in [3.8, 4) is 5.75 Å². The zero-order valence-electron chi connectivity index (χ0n) is 14.9. The lowest BCUT2D eigenvalue weighted by Gasteiger charge is -2.11. The number of aryl methyl sites for hydroxylation is 1. The molecule has 5 nitrogen and oxygen atoms in total. The number of amides is 1. The van der Waals surface area contributed by atoms with Crippen molar-refractivity contribution in [2.45, 2.75) is 32.7 Å². The molecule has 0 saturated carbocycles. The minimum atomic E-state index is -0.0174. The summed E-state index contributed by atoms with van der Waals surface area (Å²) >= 11 is 1.52. The number of nitrogens with zero attached hydrogens (tertiary/aromatic N) is 2. The predicted octanol–water partition coefficient (Wildman–Crippen LogP) is 3.03. The normalized spacial score (nSPS) is 14.6. The number of thiazole rings is 1. The Morgan fingerprint density at radius 1 is 1.28 bits per heavy atom. The Balaban J connectivity index is 1.51. The molecule has 1 aliphatic rings. The fraction of sp³-hybridized carbons (Fsp3) is 0.474. The van der Waals surface area contributed by atoms with E-state index in [1.54, 1.807) is 7.11 Å². The van der Waals surface area contributed by atoms with Crippen molar-refractivity contribution < 1.29 is 9.53 Å². The molecule has 0 bridgehead atoms. The Labute approximate surface area is 153 Å². The van der Waals surface area contributed by atoms with Crippen LogP contribution in [0, 0.1) is 6.92 Å². The highest BCUT2D eigenvalue weighted by atomic mass is 32.1. The van der Waals surface area contributed by atoms with Crippen molar-refractivity contribution in [3.05, 3.63) is 45.4 Å². The van der Waals surface area contributed by atoms with Crippen LogP contribution in [0.2, 0.25) is 0 Å². The van der Waals surface area contributed by atoms with E-state index in [4.69, 9.17) is 4.74 Å². The van der Waals surface area contributed by atoms with Crippen LogP contribution in [0.3, 0.4) is 0 Å². The fourth-order valence-corrected chi connectivity index (χ4v) is 4.08. The van der Waals surface area contributed by atoms with E-state index in [1.165, 1.54) is 29.7 Å². The summed E-state index contributed by atoms with van der Waals surface area (Å²) in [7, 11) is 1.66. The van der Waals surface area contributed by atoms with Gasteiger partial charge in [-0.1, -0.05) is 12.1 Å². The molecule has 2 heterocycles. The third kappa shape index (κ3) is 4.80. The zero-order chi connectivity index (χ0) is 17.6. The van der Waals surface area contributed by atoms with Gasteiger partial charge in [0, 0.05) is 6.54 Å². The molecule has 0 unspecified atom stereocenters. The summed E-state index contributed by atoms with van der Waals surface area (Å²) in [6.07, 6.45) is 3.33. The number of rotatable bonds is 7. The summed E-state index contributed by atoms with van der Waals surface area (Å²) in [5.41, 5.74) is 2.01. The van der Waals surface area contributed by atoms with Gasteiger partial charge in [0.05, 0.1) is 19.3 Å². The van der Waals surface area contributed by atoms with E-state index >= 15 is 0 Å². The first kappa shape index (κ1) is 17.9. The van der Waals surface area contributed by atoms with Crippen molar-refractivity contribution in [1.82, 2.24) is 15.2 Å². The molecule has 2 aromatic rings. The molecule has 134 valence electrons. The SMILES string of the molecule is COc1ccc(CCNC(=O)c2sc(CN3CCCC3)nc2C)cc1. The first-order chi connectivity index (χ1) is 12.2. The Kier molecular flexibility index (Phi) is 6.04. The van der Waals surface area contributed by atoms with Gasteiger partial charge in [0.25, 0.3) is 5.91 Å². The lowest BCUT2D eigenvalue weighted by Crippen LogP contribution is -2.25. The highest BCUT2D eigenvalue weighted by Crippen LogP contribution is 2.21. The van der Waals surface area contributed by atoms with Crippen molar-refractivity contribution in [1.29, 1.82) is 0 Å². The molecule has 0 aliphatic carbocycles. The molecule has 6 heteroatoms. The summed E-state index contributed by atoms with van der Waals surface area (Å²) in [5.74, 6) is 0.829. The van der Waals surface area contributed by atoms with Crippen LogP contribution in [0.25, 0.3) is 0 Å². The van der Waals surface area contributed by atoms with Gasteiger partial charge < -0.3 is 10.1 Å². The maximum Gasteiger partial charge on any atom is 0.263 e. The van der Waals surface area contributed by atoms with E-state index in [2.05, 4.69) is 15.2 Å². The van der Waals surface area contributed by atoms with E-state index in [0.717, 1.165) is 47.4 Å². The molecule has 0 atom stereocenters. The highest BCUT2D eigenvalue weighted by Gasteiger charge is 2.18. The minimum absolute atomic E-state index is 0.0174. The third-order valence-corrected chi connectivity index (χ3v) is 5.60. The van der Waals surface area contributed by atoms with Crippen molar-refractivity contribution >= 4 is 17.2 Å². The number of likely N-dealkylation sites (tertiary alicyclic amines) is 1. The number of aromatic nitrogens is 1. The number of methoxy groups -OCH3 is 1. The molecular formula is C19H25N3O2S. The Hall–Kier alpha value is -1.92. The highest BCUT2D eigenvalue weighted by molar-refractivity contribution is 7.13. The first-order valence-corrected chi connectivity index (χ1v) is 9.57. The van der Waals surface area contributed by atoms with Crippen LogP contribution in [-0.4, -0.2) is 42.5 Å². The lowest BCUT2D eigenvalue weighted by atomic mass is 10.1. The number of benzene rings is 1. The quantitative estimate of drug-likeness (QED) is 0.826. The van der Waals surface area contributed by atoms with E-state index in [0.29, 0.717) is 6.54 Å². The predicted molar refractivity (Wildman–Crippen MR) is 100 cm³/mol. The van der Waals surface area contributed by atoms with Crippen molar-refractivity contribution in [3.63, 3.8) is 0 Å². The first-order valence-electron chi connectivity index (χ1n) is 8.75. The van der Waals surface area contributed by atoms with Crippen LogP contribution >= 0.6 is 11.3 Å². The van der Waals surface area contributed by atoms with Crippen LogP contribution < -0.4 is 10.1 Å². The van der Waals surface area contributed by atoms with Crippen molar-refractivity contribution in [2.24, 2.45) is 0 Å². The summed E-state index contributed by atoms with van der Waals surface area (Å²) in [5, 5.41) is 4.05. The van der Waals surface area contributed by atoms with Gasteiger partial charge in [0.1, 0.15) is 15.6 Å². The van der Waals surface area contributed by atoms with Gasteiger partial charge in [-0.25, -0.2) is 4.98 Å². The van der Waals surface area contributed by atoms with Crippen LogP contribution in [0.15, 0.2) is 24.3 Å². The van der Waals surface area contributed by atoms with Gasteiger partial charge in [0.2, 0.25) is 0 Å². The molecular weight excluding hydrogens is 334 g/mol. The van der Waals surface area contributed by atoms with Gasteiger partial charge in [0.15, 0.2) is 0 Å². The number of carbonyl (C=O) groups is 1. The Morgan fingerprint density at radius 3 is 2.68 bits per heavy atom. The van der Waals surface area contributed by atoms with Gasteiger partial charge >= 0.3 is 0 Å². The van der Waals surface area contributed by atoms with Crippen LogP contribution in [0.5, 0.6) is 5.75 Å². The maximum atomic E-state index is 12.4. The second-order valence-corrected chi connectivity index (χ2v) is 7.44. The number of ether oxygens (including phenoxy) is 1. The fourth-order valence-electron chi connectivity index (χ4n) is 3.06. The molecule has 0 radical (unpaired) electrons. The average Bonchev–Trinajstić information content (AvgIpc) is 3.25. The second kappa shape index (κ2) is 8.45. The summed E-state index contributed by atoms with van der Waals surface area (Å²) in [6, 6.07) is 7.93. The van der Waals surface area contributed by atoms with E-state index < -0.39 is 0 Å². The lowest BCUT2D eigenvalue weighted by molar-refractivity contribution is 0.0957. The van der Waals surface area contributed by atoms with Crippen molar-refractivity contribution in [2.75, 3.05) is 26.7 Å². The molecule has 0 spiro atoms. The molecule has 1 amide bonds. The topological polar surface area (TPSA) is 54.5 Å². The summed E-state index contributed by atoms with van der Waals surface area (Å²) in [6.45, 7) is 5.68. The number of carbonyl (C=O) groups excluding carboxylic acids is 1. The Morgan fingerprint density at radius 2 is 2.00 bits per heavy atom.